The fourth-order valence-corrected chi connectivity index (χ4v) is 7.18. The van der Waals surface area contributed by atoms with Crippen LogP contribution in [0.1, 0.15) is 70.6 Å². The molecular formula is C25H31N3O2. The molecule has 0 aliphatic heterocycles. The Balaban J connectivity index is 1.45. The summed E-state index contributed by atoms with van der Waals surface area (Å²) < 4.78 is 5.69. The van der Waals surface area contributed by atoms with E-state index in [0.29, 0.717) is 29.7 Å². The van der Waals surface area contributed by atoms with Gasteiger partial charge in [0, 0.05) is 6.04 Å². The first-order valence-electron chi connectivity index (χ1n) is 11.6. The van der Waals surface area contributed by atoms with Gasteiger partial charge in [-0.15, -0.1) is 10.2 Å². The van der Waals surface area contributed by atoms with Gasteiger partial charge in [0.2, 0.25) is 12.3 Å². The third-order valence-corrected chi connectivity index (χ3v) is 8.08. The molecule has 1 heterocycles. The highest BCUT2D eigenvalue weighted by atomic mass is 16.4. The van der Waals surface area contributed by atoms with E-state index in [1.54, 1.807) is 0 Å². The maximum absolute atomic E-state index is 11.0. The van der Waals surface area contributed by atoms with Crippen LogP contribution in [0.4, 0.5) is 0 Å². The Bertz CT molecular complexity index is 953. The van der Waals surface area contributed by atoms with Gasteiger partial charge in [-0.25, -0.2) is 0 Å². The Hall–Kier alpha value is -2.14. The van der Waals surface area contributed by atoms with Crippen LogP contribution >= 0.6 is 0 Å². The molecule has 0 spiro atoms. The molecule has 1 aromatic rings. The molecule has 5 atom stereocenters. The van der Waals surface area contributed by atoms with Crippen LogP contribution in [0.25, 0.3) is 5.57 Å². The molecule has 4 fully saturated rings. The standard InChI is InChI=1S/C25H31N3O2/c1-15-7-17-5-3-2-4-6-20(17)23(21(8-15)24-28-26-14-30-24)27-22-18-9-16-10-19(22)13-25(29,11-16)12-18/h4,6,8,14,16,18-19,22,27,29H,2-3,5,7,9-13H2,1H3/t16?,18-,19+,22?,25?. The van der Waals surface area contributed by atoms with E-state index in [9.17, 15) is 5.11 Å². The average Bonchev–Trinajstić information content (AvgIpc) is 3.08. The largest absolute Gasteiger partial charge is 0.423 e. The van der Waals surface area contributed by atoms with Gasteiger partial charge in [0.25, 0.3) is 0 Å². The van der Waals surface area contributed by atoms with Crippen molar-refractivity contribution in [3.63, 3.8) is 0 Å². The number of hydrogen-bond acceptors (Lipinski definition) is 5. The molecule has 0 radical (unpaired) electrons. The predicted molar refractivity (Wildman–Crippen MR) is 115 cm³/mol. The van der Waals surface area contributed by atoms with Crippen molar-refractivity contribution in [3.05, 3.63) is 52.9 Å². The van der Waals surface area contributed by atoms with Gasteiger partial charge in [0.05, 0.1) is 16.9 Å². The van der Waals surface area contributed by atoms with Crippen molar-refractivity contribution in [1.82, 2.24) is 15.5 Å². The van der Waals surface area contributed by atoms with Gasteiger partial charge in [0.15, 0.2) is 0 Å². The topological polar surface area (TPSA) is 71.2 Å². The van der Waals surface area contributed by atoms with Gasteiger partial charge < -0.3 is 14.8 Å². The summed E-state index contributed by atoms with van der Waals surface area (Å²) in [5.41, 5.74) is 5.94. The highest BCUT2D eigenvalue weighted by Crippen LogP contribution is 2.56. The van der Waals surface area contributed by atoms with Gasteiger partial charge >= 0.3 is 0 Å². The molecule has 2 N–H and O–H groups in total. The second kappa shape index (κ2) is 6.94. The quantitative estimate of drug-likeness (QED) is 0.763. The first-order valence-corrected chi connectivity index (χ1v) is 11.6. The zero-order valence-corrected chi connectivity index (χ0v) is 17.7. The molecule has 1 aromatic heterocycles. The van der Waals surface area contributed by atoms with Crippen LogP contribution in [0.3, 0.4) is 0 Å². The van der Waals surface area contributed by atoms with Gasteiger partial charge in [-0.05, 0) is 94.1 Å². The van der Waals surface area contributed by atoms with Crippen LogP contribution in [0.5, 0.6) is 0 Å². The van der Waals surface area contributed by atoms with Crippen molar-refractivity contribution in [2.75, 3.05) is 0 Å². The van der Waals surface area contributed by atoms with Crippen molar-refractivity contribution >= 4 is 5.57 Å². The predicted octanol–water partition coefficient (Wildman–Crippen LogP) is 4.70. The monoisotopic (exact) mass is 405 g/mol. The van der Waals surface area contributed by atoms with Gasteiger partial charge in [-0.2, -0.15) is 0 Å². The summed E-state index contributed by atoms with van der Waals surface area (Å²) in [5.74, 6) is 2.39. The zero-order chi connectivity index (χ0) is 20.3. The lowest BCUT2D eigenvalue weighted by Crippen LogP contribution is -2.60. The Morgan fingerprint density at radius 2 is 2.00 bits per heavy atom. The molecule has 0 amide bonds. The van der Waals surface area contributed by atoms with E-state index in [0.717, 1.165) is 49.8 Å². The van der Waals surface area contributed by atoms with Gasteiger partial charge in [-0.3, -0.25) is 0 Å². The minimum absolute atomic E-state index is 0.409. The third kappa shape index (κ3) is 3.09. The Morgan fingerprint density at radius 1 is 1.17 bits per heavy atom. The normalized spacial score (nSPS) is 37.7. The molecule has 0 aromatic carbocycles. The van der Waals surface area contributed by atoms with E-state index in [1.165, 1.54) is 42.4 Å². The fraction of sp³-hybridized carbons (Fsp3) is 0.600. The molecular weight excluding hydrogens is 374 g/mol. The summed E-state index contributed by atoms with van der Waals surface area (Å²) in [6.45, 7) is 2.21. The van der Waals surface area contributed by atoms with Crippen LogP contribution in [-0.2, 0) is 0 Å². The molecule has 4 saturated carbocycles. The summed E-state index contributed by atoms with van der Waals surface area (Å²) in [5, 5.41) is 23.3. The number of aliphatic hydroxyl groups is 1. The lowest BCUT2D eigenvalue weighted by molar-refractivity contribution is -0.137. The fourth-order valence-electron chi connectivity index (χ4n) is 7.18. The maximum atomic E-state index is 11.0. The molecule has 0 saturated heterocycles. The smallest absolute Gasteiger partial charge is 0.249 e. The van der Waals surface area contributed by atoms with Crippen molar-refractivity contribution in [3.8, 4) is 0 Å². The molecule has 158 valence electrons. The lowest BCUT2D eigenvalue weighted by Gasteiger charge is -2.58. The molecule has 5 nitrogen and oxygen atoms in total. The molecule has 4 bridgehead atoms. The van der Waals surface area contributed by atoms with Crippen LogP contribution in [0, 0.1) is 17.8 Å². The molecule has 7 rings (SSSR count). The van der Waals surface area contributed by atoms with Crippen LogP contribution in [0.2, 0.25) is 0 Å². The van der Waals surface area contributed by atoms with Crippen LogP contribution in [-0.4, -0.2) is 26.9 Å². The molecule has 3 unspecified atom stereocenters. The van der Waals surface area contributed by atoms with E-state index in [2.05, 4.69) is 40.7 Å². The van der Waals surface area contributed by atoms with Crippen molar-refractivity contribution < 1.29 is 9.52 Å². The molecule has 5 heteroatoms. The Morgan fingerprint density at radius 3 is 2.73 bits per heavy atom. The highest BCUT2D eigenvalue weighted by molar-refractivity contribution is 5.78. The molecule has 6 aliphatic carbocycles. The number of rotatable bonds is 3. The summed E-state index contributed by atoms with van der Waals surface area (Å²) >= 11 is 0. The summed E-state index contributed by atoms with van der Waals surface area (Å²) in [6.07, 6.45) is 18.2. The Kier molecular flexibility index (Phi) is 4.31. The van der Waals surface area contributed by atoms with E-state index in [4.69, 9.17) is 4.42 Å². The second-order valence-electron chi connectivity index (χ2n) is 10.4. The highest BCUT2D eigenvalue weighted by Gasteiger charge is 2.55. The summed E-state index contributed by atoms with van der Waals surface area (Å²) in [4.78, 5) is 0. The minimum atomic E-state index is -0.412. The third-order valence-electron chi connectivity index (χ3n) is 8.08. The maximum Gasteiger partial charge on any atom is 0.249 e. The summed E-state index contributed by atoms with van der Waals surface area (Å²) in [6, 6.07) is 0.409. The van der Waals surface area contributed by atoms with Gasteiger partial charge in [-0.1, -0.05) is 23.3 Å². The van der Waals surface area contributed by atoms with Crippen molar-refractivity contribution in [1.29, 1.82) is 0 Å². The Labute approximate surface area is 178 Å². The van der Waals surface area contributed by atoms with E-state index in [-0.39, 0.29) is 0 Å². The van der Waals surface area contributed by atoms with Crippen LogP contribution < -0.4 is 5.32 Å². The van der Waals surface area contributed by atoms with Gasteiger partial charge in [0.1, 0.15) is 0 Å². The number of hydrogen-bond donors (Lipinski definition) is 2. The second-order valence-corrected chi connectivity index (χ2v) is 10.4. The number of aromatic nitrogens is 2. The zero-order valence-electron chi connectivity index (χ0n) is 17.7. The van der Waals surface area contributed by atoms with E-state index in [1.807, 2.05) is 0 Å². The first kappa shape index (κ1) is 18.6. The number of nitrogens with one attached hydrogen (secondary N) is 1. The average molecular weight is 406 g/mol. The van der Waals surface area contributed by atoms with Crippen LogP contribution in [0.15, 0.2) is 51.5 Å². The number of allylic oxidation sites excluding steroid dienone is 6. The van der Waals surface area contributed by atoms with Crippen molar-refractivity contribution in [2.24, 2.45) is 17.8 Å². The van der Waals surface area contributed by atoms with E-state index < -0.39 is 5.60 Å². The summed E-state index contributed by atoms with van der Waals surface area (Å²) in [7, 11) is 0. The number of nitrogens with zero attached hydrogens (tertiary/aromatic N) is 2. The SMILES string of the molecule is CC1=CC(c2nnco2)=C(NC2[C@@H]3CC4C[C@H]2CC(O)(C4)C3)C2=C(CCCC=C2)C1. The minimum Gasteiger partial charge on any atom is -0.423 e. The molecule has 6 aliphatic rings. The van der Waals surface area contributed by atoms with E-state index >= 15 is 0 Å². The lowest BCUT2D eigenvalue weighted by atomic mass is 9.52. The first-order chi connectivity index (χ1) is 14.6. The van der Waals surface area contributed by atoms with Crippen molar-refractivity contribution in [2.45, 2.75) is 76.4 Å². The molecule has 30 heavy (non-hydrogen) atoms.